The highest BCUT2D eigenvalue weighted by molar-refractivity contribution is 7.11. The second-order valence-electron chi connectivity index (χ2n) is 6.11. The van der Waals surface area contributed by atoms with Crippen LogP contribution < -0.4 is 11.1 Å². The molecule has 0 spiro atoms. The first-order chi connectivity index (χ1) is 10.1. The van der Waals surface area contributed by atoms with Gasteiger partial charge in [-0.2, -0.15) is 0 Å². The zero-order chi connectivity index (χ0) is 15.3. The molecule has 1 amide bonds. The summed E-state index contributed by atoms with van der Waals surface area (Å²) in [4.78, 5) is 18.4. The fourth-order valence-corrected chi connectivity index (χ4v) is 3.89. The summed E-state index contributed by atoms with van der Waals surface area (Å²) in [5.74, 6) is 0.118. The molecule has 1 aromatic rings. The Balaban J connectivity index is 2.04. The summed E-state index contributed by atoms with van der Waals surface area (Å²) >= 11 is 1.68. The van der Waals surface area contributed by atoms with Crippen LogP contribution in [0.25, 0.3) is 0 Å². The zero-order valence-corrected chi connectivity index (χ0v) is 14.0. The topological polar surface area (TPSA) is 68.0 Å². The van der Waals surface area contributed by atoms with Crippen molar-refractivity contribution in [3.63, 3.8) is 0 Å². The second kappa shape index (κ2) is 7.36. The molecule has 1 aliphatic rings. The molecular weight excluding hydrogens is 282 g/mol. The summed E-state index contributed by atoms with van der Waals surface area (Å²) in [5, 5.41) is 4.14. The largest absolute Gasteiger partial charge is 0.347 e. The minimum Gasteiger partial charge on any atom is -0.347 e. The van der Waals surface area contributed by atoms with Crippen LogP contribution in [0.5, 0.6) is 0 Å². The lowest BCUT2D eigenvalue weighted by molar-refractivity contribution is -0.132. The van der Waals surface area contributed by atoms with E-state index < -0.39 is 0 Å². The van der Waals surface area contributed by atoms with Crippen molar-refractivity contribution in [2.24, 2.45) is 11.1 Å². The third-order valence-corrected chi connectivity index (χ3v) is 5.90. The van der Waals surface area contributed by atoms with Crippen LogP contribution in [0.3, 0.4) is 0 Å². The quantitative estimate of drug-likeness (QED) is 0.821. The molecule has 1 atom stereocenters. The summed E-state index contributed by atoms with van der Waals surface area (Å²) in [6.07, 6.45) is 9.39. The third kappa shape index (κ3) is 3.83. The highest BCUT2D eigenvalue weighted by Gasteiger charge is 2.37. The lowest BCUT2D eigenvalue weighted by Crippen LogP contribution is -2.46. The molecule has 0 bridgehead atoms. The van der Waals surface area contributed by atoms with E-state index in [1.54, 1.807) is 11.3 Å². The molecule has 21 heavy (non-hydrogen) atoms. The first-order valence-corrected chi connectivity index (χ1v) is 8.88. The minimum absolute atomic E-state index is 0.0329. The van der Waals surface area contributed by atoms with E-state index in [1.807, 2.05) is 13.1 Å². The predicted octanol–water partition coefficient (Wildman–Crippen LogP) is 3.18. The number of amides is 1. The van der Waals surface area contributed by atoms with Crippen molar-refractivity contribution in [2.75, 3.05) is 6.54 Å². The van der Waals surface area contributed by atoms with Crippen molar-refractivity contribution in [3.05, 3.63) is 16.1 Å². The van der Waals surface area contributed by atoms with E-state index >= 15 is 0 Å². The van der Waals surface area contributed by atoms with Crippen molar-refractivity contribution >= 4 is 17.2 Å². The lowest BCUT2D eigenvalue weighted by Gasteiger charge is -2.31. The molecule has 1 fully saturated rings. The summed E-state index contributed by atoms with van der Waals surface area (Å²) in [6, 6.07) is -0.0329. The summed E-state index contributed by atoms with van der Waals surface area (Å²) < 4.78 is 0. The van der Waals surface area contributed by atoms with Gasteiger partial charge in [-0.1, -0.05) is 32.6 Å². The van der Waals surface area contributed by atoms with Gasteiger partial charge in [0.05, 0.1) is 11.5 Å². The summed E-state index contributed by atoms with van der Waals surface area (Å²) in [6.45, 7) is 4.58. The Hall–Kier alpha value is -0.940. The van der Waals surface area contributed by atoms with Gasteiger partial charge < -0.3 is 11.1 Å². The second-order valence-corrected chi connectivity index (χ2v) is 7.26. The Morgan fingerprint density at radius 1 is 1.43 bits per heavy atom. The highest BCUT2D eigenvalue weighted by Crippen LogP contribution is 2.35. The third-order valence-electron chi connectivity index (χ3n) is 4.57. The molecule has 3 N–H and O–H groups in total. The Morgan fingerprint density at radius 3 is 2.62 bits per heavy atom. The molecule has 0 aromatic carbocycles. The molecule has 1 saturated carbocycles. The number of thiazole rings is 1. The zero-order valence-electron chi connectivity index (χ0n) is 13.2. The molecule has 1 unspecified atom stereocenters. The van der Waals surface area contributed by atoms with Crippen LogP contribution in [-0.4, -0.2) is 17.4 Å². The molecule has 1 aliphatic carbocycles. The first kappa shape index (κ1) is 16.4. The molecule has 0 saturated heterocycles. The van der Waals surface area contributed by atoms with Gasteiger partial charge in [0.2, 0.25) is 5.91 Å². The Bertz CT molecular complexity index is 464. The van der Waals surface area contributed by atoms with Crippen LogP contribution in [0.4, 0.5) is 0 Å². The summed E-state index contributed by atoms with van der Waals surface area (Å²) in [5.41, 5.74) is 5.61. The van der Waals surface area contributed by atoms with Gasteiger partial charge in [-0.3, -0.25) is 4.79 Å². The molecule has 2 rings (SSSR count). The van der Waals surface area contributed by atoms with E-state index in [0.29, 0.717) is 6.54 Å². The number of hydrogen-bond donors (Lipinski definition) is 2. The SMILES string of the molecule is CCc1cnc(C(C)NC(=O)C2(CN)CCCCCC2)s1. The molecular formula is C16H27N3OS. The van der Waals surface area contributed by atoms with Crippen LogP contribution in [0, 0.1) is 5.41 Å². The van der Waals surface area contributed by atoms with Gasteiger partial charge in [0.25, 0.3) is 0 Å². The van der Waals surface area contributed by atoms with Gasteiger partial charge in [-0.15, -0.1) is 11.3 Å². The number of nitrogens with one attached hydrogen (secondary N) is 1. The number of nitrogens with zero attached hydrogens (tertiary/aromatic N) is 1. The van der Waals surface area contributed by atoms with Crippen LogP contribution in [0.15, 0.2) is 6.20 Å². The normalized spacial score (nSPS) is 19.8. The maximum atomic E-state index is 12.7. The van der Waals surface area contributed by atoms with Crippen molar-refractivity contribution < 1.29 is 4.79 Å². The number of aromatic nitrogens is 1. The minimum atomic E-state index is -0.365. The highest BCUT2D eigenvalue weighted by atomic mass is 32.1. The van der Waals surface area contributed by atoms with Gasteiger partial charge in [-0.05, 0) is 26.2 Å². The van der Waals surface area contributed by atoms with Crippen LogP contribution in [0.2, 0.25) is 0 Å². The van der Waals surface area contributed by atoms with Crippen molar-refractivity contribution in [1.82, 2.24) is 10.3 Å². The van der Waals surface area contributed by atoms with Crippen LogP contribution in [0.1, 0.15) is 68.3 Å². The molecule has 0 radical (unpaired) electrons. The van der Waals surface area contributed by atoms with Gasteiger partial charge in [0.15, 0.2) is 0 Å². The number of carbonyl (C=O) groups is 1. The molecule has 5 heteroatoms. The average molecular weight is 309 g/mol. The number of rotatable bonds is 5. The van der Waals surface area contributed by atoms with Gasteiger partial charge >= 0.3 is 0 Å². The molecule has 0 aliphatic heterocycles. The molecule has 1 heterocycles. The Labute approximate surface area is 131 Å². The molecule has 1 aromatic heterocycles. The monoisotopic (exact) mass is 309 g/mol. The standard InChI is InChI=1S/C16H27N3OS/c1-3-13-10-18-14(21-13)12(2)19-15(20)16(11-17)8-6-4-5-7-9-16/h10,12H,3-9,11,17H2,1-2H3,(H,19,20). The van der Waals surface area contributed by atoms with Crippen LogP contribution in [-0.2, 0) is 11.2 Å². The van der Waals surface area contributed by atoms with Gasteiger partial charge in [0.1, 0.15) is 5.01 Å². The van der Waals surface area contributed by atoms with E-state index in [4.69, 9.17) is 5.73 Å². The number of nitrogens with two attached hydrogens (primary N) is 1. The molecule has 118 valence electrons. The average Bonchev–Trinajstić information content (AvgIpc) is 2.84. The van der Waals surface area contributed by atoms with Crippen molar-refractivity contribution in [2.45, 2.75) is 64.8 Å². The Kier molecular flexibility index (Phi) is 5.76. The van der Waals surface area contributed by atoms with Crippen molar-refractivity contribution in [3.8, 4) is 0 Å². The summed E-state index contributed by atoms with van der Waals surface area (Å²) in [7, 11) is 0. The van der Waals surface area contributed by atoms with Crippen LogP contribution >= 0.6 is 11.3 Å². The van der Waals surface area contributed by atoms with E-state index in [0.717, 1.165) is 37.1 Å². The maximum absolute atomic E-state index is 12.7. The predicted molar refractivity (Wildman–Crippen MR) is 87.2 cm³/mol. The van der Waals surface area contributed by atoms with Crippen molar-refractivity contribution in [1.29, 1.82) is 0 Å². The van der Waals surface area contributed by atoms with Gasteiger partial charge in [0, 0.05) is 17.6 Å². The lowest BCUT2D eigenvalue weighted by atomic mass is 9.79. The van der Waals surface area contributed by atoms with E-state index in [9.17, 15) is 4.79 Å². The first-order valence-electron chi connectivity index (χ1n) is 8.07. The number of carbonyl (C=O) groups excluding carboxylic acids is 1. The Morgan fingerprint density at radius 2 is 2.10 bits per heavy atom. The van der Waals surface area contributed by atoms with E-state index in [1.165, 1.54) is 17.7 Å². The smallest absolute Gasteiger partial charge is 0.228 e. The number of hydrogen-bond acceptors (Lipinski definition) is 4. The number of aryl methyl sites for hydroxylation is 1. The molecule has 4 nitrogen and oxygen atoms in total. The maximum Gasteiger partial charge on any atom is 0.228 e. The van der Waals surface area contributed by atoms with E-state index in [2.05, 4.69) is 17.2 Å². The fourth-order valence-electron chi connectivity index (χ4n) is 3.03. The van der Waals surface area contributed by atoms with E-state index in [-0.39, 0.29) is 17.4 Å². The van der Waals surface area contributed by atoms with Gasteiger partial charge in [-0.25, -0.2) is 4.98 Å². The fraction of sp³-hybridized carbons (Fsp3) is 0.750.